The number of allylic oxidation sites excluding steroid dienone is 1. The molecule has 2 N–H and O–H groups in total. The van der Waals surface area contributed by atoms with Crippen LogP contribution in [0.4, 0.5) is 0 Å². The lowest BCUT2D eigenvalue weighted by Crippen LogP contribution is -2.48. The first-order valence-corrected chi connectivity index (χ1v) is 4.45. The van der Waals surface area contributed by atoms with E-state index in [1.807, 2.05) is 0 Å². The van der Waals surface area contributed by atoms with Gasteiger partial charge in [-0.1, -0.05) is 0 Å². The molecule has 1 aliphatic carbocycles. The van der Waals surface area contributed by atoms with Crippen LogP contribution in [-0.4, -0.2) is 34.5 Å². The minimum atomic E-state index is -1.89. The number of nitrogens with two attached hydrogens (primary N) is 1. The van der Waals surface area contributed by atoms with Crippen LogP contribution in [0.1, 0.15) is 6.42 Å². The Morgan fingerprint density at radius 1 is 1.44 bits per heavy atom. The lowest BCUT2D eigenvalue weighted by molar-refractivity contribution is -0.561. The molecule has 0 heterocycles. The quantitative estimate of drug-likeness (QED) is 0.410. The fourth-order valence-electron chi connectivity index (χ4n) is 1.43. The van der Waals surface area contributed by atoms with Gasteiger partial charge in [-0.3, -0.25) is 26.0 Å². The number of rotatable bonds is 3. The first-order valence-electron chi connectivity index (χ1n) is 4.45. The van der Waals surface area contributed by atoms with Gasteiger partial charge in [0.05, 0.1) is 4.92 Å². The second kappa shape index (κ2) is 3.89. The zero-order chi connectivity index (χ0) is 12.5. The molecule has 0 aromatic heterocycles. The Morgan fingerprint density at radius 2 is 2.00 bits per heavy atom. The van der Waals surface area contributed by atoms with Crippen molar-refractivity contribution in [3.05, 3.63) is 43.8 Å². The van der Waals surface area contributed by atoms with Gasteiger partial charge >= 0.3 is 5.66 Å². The van der Waals surface area contributed by atoms with Crippen LogP contribution in [0.3, 0.4) is 0 Å². The van der Waals surface area contributed by atoms with Crippen molar-refractivity contribution in [3.8, 4) is 0 Å². The van der Waals surface area contributed by atoms with Crippen molar-refractivity contribution in [2.75, 3.05) is 14.1 Å². The highest BCUT2D eigenvalue weighted by Crippen LogP contribution is 2.27. The molecule has 0 bridgehead atoms. The molecule has 0 aromatic rings. The van der Waals surface area contributed by atoms with Gasteiger partial charge in [-0.15, -0.1) is 0 Å². The van der Waals surface area contributed by atoms with Gasteiger partial charge < -0.3 is 4.90 Å². The van der Waals surface area contributed by atoms with Crippen LogP contribution in [0.5, 0.6) is 0 Å². The summed E-state index contributed by atoms with van der Waals surface area (Å²) in [6.07, 6.45) is 2.07. The van der Waals surface area contributed by atoms with E-state index in [1.54, 1.807) is 14.1 Å². The molecule has 0 fully saturated rings. The summed E-state index contributed by atoms with van der Waals surface area (Å²) in [6.45, 7) is 0. The second-order valence-corrected chi connectivity index (χ2v) is 3.74. The lowest BCUT2D eigenvalue weighted by atomic mass is 9.98. The summed E-state index contributed by atoms with van der Waals surface area (Å²) in [6, 6.07) is 0. The van der Waals surface area contributed by atoms with Crippen LogP contribution in [0.15, 0.2) is 23.5 Å². The molecule has 0 radical (unpaired) electrons. The first kappa shape index (κ1) is 12.1. The van der Waals surface area contributed by atoms with Gasteiger partial charge in [-0.2, -0.15) is 0 Å². The zero-order valence-electron chi connectivity index (χ0n) is 8.91. The highest BCUT2D eigenvalue weighted by molar-refractivity contribution is 5.28. The predicted octanol–water partition coefficient (Wildman–Crippen LogP) is -0.0721. The summed E-state index contributed by atoms with van der Waals surface area (Å²) in [4.78, 5) is 21.6. The van der Waals surface area contributed by atoms with E-state index in [0.717, 1.165) is 0 Å². The van der Waals surface area contributed by atoms with Crippen molar-refractivity contribution < 1.29 is 9.85 Å². The fraction of sp³-hybridized carbons (Fsp3) is 0.500. The van der Waals surface area contributed by atoms with Crippen LogP contribution in [-0.2, 0) is 0 Å². The number of hydrogen-bond donors (Lipinski definition) is 1. The third kappa shape index (κ3) is 2.01. The van der Waals surface area contributed by atoms with Gasteiger partial charge in [0.15, 0.2) is 0 Å². The fourth-order valence-corrected chi connectivity index (χ4v) is 1.43. The highest BCUT2D eigenvalue weighted by Gasteiger charge is 2.44. The highest BCUT2D eigenvalue weighted by atomic mass is 16.6. The molecule has 88 valence electrons. The van der Waals surface area contributed by atoms with Crippen LogP contribution < -0.4 is 5.73 Å². The average molecular weight is 228 g/mol. The summed E-state index contributed by atoms with van der Waals surface area (Å²) in [5, 5.41) is 21.5. The molecule has 0 amide bonds. The molecule has 0 saturated carbocycles. The number of likely N-dealkylation sites (N-methyl/N-ethyl adjacent to an activating group) is 1. The van der Waals surface area contributed by atoms with E-state index < -0.39 is 21.9 Å². The molecule has 1 rings (SSSR count). The molecule has 1 aliphatic rings. The summed E-state index contributed by atoms with van der Waals surface area (Å²) in [5.41, 5.74) is 3.65. The Hall–Kier alpha value is -1.96. The Balaban J connectivity index is 3.18. The van der Waals surface area contributed by atoms with Crippen molar-refractivity contribution in [2.45, 2.75) is 12.1 Å². The van der Waals surface area contributed by atoms with E-state index in [9.17, 15) is 20.2 Å². The standard InChI is InChI=1S/C8H12N4O4/c1-10(2)6-3-4-8(9,12(15)16)5-7(6)11(13)14/h3-4H,5,9H2,1-2H3. The topological polar surface area (TPSA) is 116 Å². The molecule has 1 unspecified atom stereocenters. The predicted molar refractivity (Wildman–Crippen MR) is 55.4 cm³/mol. The number of nitrogens with zero attached hydrogens (tertiary/aromatic N) is 3. The molecule has 0 aromatic carbocycles. The molecule has 8 nitrogen and oxygen atoms in total. The van der Waals surface area contributed by atoms with E-state index >= 15 is 0 Å². The van der Waals surface area contributed by atoms with Gasteiger partial charge in [-0.05, 0) is 6.08 Å². The smallest absolute Gasteiger partial charge is 0.302 e. The summed E-state index contributed by atoms with van der Waals surface area (Å²) in [7, 11) is 3.25. The SMILES string of the molecule is CN(C)C1=C([N+](=O)[O-])CC(N)([N+](=O)[O-])C=C1. The summed E-state index contributed by atoms with van der Waals surface area (Å²) < 4.78 is 0. The van der Waals surface area contributed by atoms with Gasteiger partial charge in [0.1, 0.15) is 12.1 Å². The third-order valence-corrected chi connectivity index (χ3v) is 2.32. The molecule has 8 heteroatoms. The monoisotopic (exact) mass is 228 g/mol. The number of hydrogen-bond acceptors (Lipinski definition) is 6. The molecule has 0 spiro atoms. The zero-order valence-corrected chi connectivity index (χ0v) is 8.91. The van der Waals surface area contributed by atoms with Crippen molar-refractivity contribution >= 4 is 0 Å². The van der Waals surface area contributed by atoms with E-state index in [0.29, 0.717) is 5.70 Å². The van der Waals surface area contributed by atoms with Crippen molar-refractivity contribution in [1.29, 1.82) is 0 Å². The minimum absolute atomic E-state index is 0.244. The third-order valence-electron chi connectivity index (χ3n) is 2.32. The maximum absolute atomic E-state index is 10.8. The van der Waals surface area contributed by atoms with Crippen molar-refractivity contribution in [2.24, 2.45) is 5.73 Å². The van der Waals surface area contributed by atoms with E-state index in [2.05, 4.69) is 0 Å². The largest absolute Gasteiger partial charge is 0.372 e. The number of nitro groups is 2. The first-order chi connectivity index (χ1) is 7.28. The summed E-state index contributed by atoms with van der Waals surface area (Å²) >= 11 is 0. The van der Waals surface area contributed by atoms with E-state index in [4.69, 9.17) is 5.73 Å². The average Bonchev–Trinajstić information content (AvgIpc) is 2.16. The lowest BCUT2D eigenvalue weighted by Gasteiger charge is -2.23. The van der Waals surface area contributed by atoms with Gasteiger partial charge in [-0.25, -0.2) is 0 Å². The van der Waals surface area contributed by atoms with Crippen LogP contribution >= 0.6 is 0 Å². The summed E-state index contributed by atoms with van der Waals surface area (Å²) in [5.74, 6) is 0. The maximum Gasteiger partial charge on any atom is 0.302 e. The van der Waals surface area contributed by atoms with Gasteiger partial charge in [0.25, 0.3) is 5.70 Å². The molecule has 16 heavy (non-hydrogen) atoms. The molecular formula is C8H12N4O4. The second-order valence-electron chi connectivity index (χ2n) is 3.74. The van der Waals surface area contributed by atoms with E-state index in [1.165, 1.54) is 17.1 Å². The Labute approximate surface area is 91.3 Å². The molecule has 0 saturated heterocycles. The van der Waals surface area contributed by atoms with Crippen LogP contribution in [0, 0.1) is 20.2 Å². The Morgan fingerprint density at radius 3 is 2.38 bits per heavy atom. The Bertz CT molecular complexity index is 401. The van der Waals surface area contributed by atoms with E-state index in [-0.39, 0.29) is 5.70 Å². The Kier molecular flexibility index (Phi) is 2.95. The molecule has 1 atom stereocenters. The normalized spacial score (nSPS) is 24.4. The van der Waals surface area contributed by atoms with Gasteiger partial charge in [0.2, 0.25) is 0 Å². The molecular weight excluding hydrogens is 216 g/mol. The van der Waals surface area contributed by atoms with Crippen molar-refractivity contribution in [1.82, 2.24) is 4.90 Å². The molecule has 0 aliphatic heterocycles. The minimum Gasteiger partial charge on any atom is -0.372 e. The van der Waals surface area contributed by atoms with Gasteiger partial charge in [0, 0.05) is 25.1 Å². The maximum atomic E-state index is 10.8. The van der Waals surface area contributed by atoms with Crippen LogP contribution in [0.25, 0.3) is 0 Å². The van der Waals surface area contributed by atoms with Crippen LogP contribution in [0.2, 0.25) is 0 Å². The van der Waals surface area contributed by atoms with Crippen molar-refractivity contribution in [3.63, 3.8) is 0 Å².